The fraction of sp³-hybridized carbons (Fsp3) is 0.857. The summed E-state index contributed by atoms with van der Waals surface area (Å²) in [6.07, 6.45) is 0. The van der Waals surface area contributed by atoms with Gasteiger partial charge in [0, 0.05) is 6.61 Å². The second-order valence-corrected chi connectivity index (χ2v) is 8.51. The highest BCUT2D eigenvalue weighted by Gasteiger charge is 2.17. The molecule has 1 unspecified atom stereocenters. The zero-order valence-corrected chi connectivity index (χ0v) is 9.23. The molecule has 1 atom stereocenters. The third kappa shape index (κ3) is 6.53. The molecule has 0 fully saturated rings. The van der Waals surface area contributed by atoms with Crippen molar-refractivity contribution in [3.63, 3.8) is 0 Å². The minimum absolute atomic E-state index is 0.177. The summed E-state index contributed by atoms with van der Waals surface area (Å²) < 4.78 is 5.49. The zero-order chi connectivity index (χ0) is 9.07. The Bertz CT molecular complexity index is 142. The maximum absolute atomic E-state index is 10.6. The van der Waals surface area contributed by atoms with E-state index in [-0.39, 0.29) is 11.2 Å². The number of rotatable bonds is 4. The zero-order valence-electron chi connectivity index (χ0n) is 7.48. The standard InChI is InChI=1S/C7H15ClO2Si/c1-6(7(8)9)5-10-11(2,3)4/h6H,5H2,1-4H3. The van der Waals surface area contributed by atoms with Gasteiger partial charge in [-0.25, -0.2) is 0 Å². The molecule has 0 aliphatic heterocycles. The maximum atomic E-state index is 10.6. The van der Waals surface area contributed by atoms with Crippen LogP contribution in [0.1, 0.15) is 6.92 Å². The van der Waals surface area contributed by atoms with Gasteiger partial charge in [0.1, 0.15) is 0 Å². The van der Waals surface area contributed by atoms with Crippen molar-refractivity contribution in [1.82, 2.24) is 0 Å². The molecule has 0 aliphatic rings. The van der Waals surface area contributed by atoms with E-state index in [1.165, 1.54) is 0 Å². The fourth-order valence-corrected chi connectivity index (χ4v) is 1.25. The second kappa shape index (κ2) is 4.23. The van der Waals surface area contributed by atoms with Crippen molar-refractivity contribution in [2.75, 3.05) is 6.61 Å². The van der Waals surface area contributed by atoms with Crippen molar-refractivity contribution in [2.45, 2.75) is 26.6 Å². The van der Waals surface area contributed by atoms with Gasteiger partial charge in [0.15, 0.2) is 8.32 Å². The Balaban J connectivity index is 3.63. The van der Waals surface area contributed by atoms with Crippen LogP contribution in [0.5, 0.6) is 0 Å². The van der Waals surface area contributed by atoms with Crippen LogP contribution in [0.3, 0.4) is 0 Å². The van der Waals surface area contributed by atoms with E-state index < -0.39 is 8.32 Å². The minimum atomic E-state index is -1.48. The molecule has 0 heterocycles. The van der Waals surface area contributed by atoms with Crippen molar-refractivity contribution < 1.29 is 9.22 Å². The van der Waals surface area contributed by atoms with E-state index in [1.807, 2.05) is 0 Å². The molecule has 0 saturated carbocycles. The molecule has 0 spiro atoms. The first-order chi connectivity index (χ1) is 4.83. The summed E-state index contributed by atoms with van der Waals surface area (Å²) in [5.74, 6) is -0.177. The van der Waals surface area contributed by atoms with Gasteiger partial charge in [-0.15, -0.1) is 0 Å². The van der Waals surface area contributed by atoms with Crippen LogP contribution in [0.25, 0.3) is 0 Å². The van der Waals surface area contributed by atoms with Gasteiger partial charge in [0.25, 0.3) is 0 Å². The van der Waals surface area contributed by atoms with Gasteiger partial charge < -0.3 is 4.43 Å². The molecular formula is C7H15ClO2Si. The molecule has 0 aromatic rings. The number of carbonyl (C=O) groups excluding carboxylic acids is 1. The Morgan fingerprint density at radius 3 is 2.27 bits per heavy atom. The quantitative estimate of drug-likeness (QED) is 0.507. The molecule has 0 aromatic heterocycles. The van der Waals surface area contributed by atoms with E-state index in [1.54, 1.807) is 6.92 Å². The fourth-order valence-electron chi connectivity index (χ4n) is 0.441. The summed E-state index contributed by atoms with van der Waals surface area (Å²) in [5, 5.41) is -0.316. The van der Waals surface area contributed by atoms with Crippen molar-refractivity contribution in [3.05, 3.63) is 0 Å². The summed E-state index contributed by atoms with van der Waals surface area (Å²) in [7, 11) is -1.48. The molecule has 0 bridgehead atoms. The van der Waals surface area contributed by atoms with Crippen LogP contribution < -0.4 is 0 Å². The molecule has 0 saturated heterocycles. The summed E-state index contributed by atoms with van der Waals surface area (Å²) in [4.78, 5) is 10.6. The second-order valence-electron chi connectivity index (χ2n) is 3.63. The Labute approximate surface area is 74.0 Å². The van der Waals surface area contributed by atoms with Crippen LogP contribution in [0, 0.1) is 5.92 Å². The van der Waals surface area contributed by atoms with Gasteiger partial charge in [-0.3, -0.25) is 4.79 Å². The first-order valence-electron chi connectivity index (χ1n) is 3.66. The molecule has 0 aliphatic carbocycles. The molecule has 2 nitrogen and oxygen atoms in total. The number of carbonyl (C=O) groups is 1. The third-order valence-corrected chi connectivity index (χ3v) is 2.56. The smallest absolute Gasteiger partial charge is 0.226 e. The van der Waals surface area contributed by atoms with Crippen LogP contribution in [0.15, 0.2) is 0 Å². The lowest BCUT2D eigenvalue weighted by molar-refractivity contribution is -0.115. The predicted molar refractivity (Wildman–Crippen MR) is 49.3 cm³/mol. The Morgan fingerprint density at radius 2 is 2.00 bits per heavy atom. The van der Waals surface area contributed by atoms with Gasteiger partial charge in [-0.2, -0.15) is 0 Å². The monoisotopic (exact) mass is 194 g/mol. The SMILES string of the molecule is CC(CO[Si](C)(C)C)C(=O)Cl. The maximum Gasteiger partial charge on any atom is 0.226 e. The molecule has 0 aromatic carbocycles. The van der Waals surface area contributed by atoms with E-state index in [0.717, 1.165) is 0 Å². The van der Waals surface area contributed by atoms with Crippen LogP contribution in [0.4, 0.5) is 0 Å². The van der Waals surface area contributed by atoms with Crippen LogP contribution in [0.2, 0.25) is 19.6 Å². The lowest BCUT2D eigenvalue weighted by atomic mass is 10.2. The summed E-state index contributed by atoms with van der Waals surface area (Å²) in [5.41, 5.74) is 0. The van der Waals surface area contributed by atoms with E-state index in [9.17, 15) is 4.79 Å². The number of hydrogen-bond acceptors (Lipinski definition) is 2. The van der Waals surface area contributed by atoms with E-state index in [0.29, 0.717) is 6.61 Å². The lowest BCUT2D eigenvalue weighted by Gasteiger charge is -2.18. The van der Waals surface area contributed by atoms with Crippen molar-refractivity contribution >= 4 is 25.2 Å². The van der Waals surface area contributed by atoms with Gasteiger partial charge in [0.05, 0.1) is 5.92 Å². The highest BCUT2D eigenvalue weighted by atomic mass is 35.5. The molecule has 0 N–H and O–H groups in total. The Kier molecular flexibility index (Phi) is 4.29. The van der Waals surface area contributed by atoms with E-state index in [4.69, 9.17) is 16.0 Å². The predicted octanol–water partition coefficient (Wildman–Crippen LogP) is 2.24. The van der Waals surface area contributed by atoms with Gasteiger partial charge in [-0.05, 0) is 31.2 Å². The normalized spacial score (nSPS) is 14.6. The molecule has 0 rings (SSSR count). The first-order valence-corrected chi connectivity index (χ1v) is 7.45. The summed E-state index contributed by atoms with van der Waals surface area (Å²) >= 11 is 5.25. The van der Waals surface area contributed by atoms with E-state index in [2.05, 4.69) is 19.6 Å². The van der Waals surface area contributed by atoms with Crippen LogP contribution in [-0.4, -0.2) is 20.2 Å². The molecule has 4 heteroatoms. The lowest BCUT2D eigenvalue weighted by Crippen LogP contribution is -2.29. The largest absolute Gasteiger partial charge is 0.417 e. The average Bonchev–Trinajstić information content (AvgIpc) is 1.80. The highest BCUT2D eigenvalue weighted by molar-refractivity contribution is 6.69. The van der Waals surface area contributed by atoms with Gasteiger partial charge in [0.2, 0.25) is 5.24 Å². The van der Waals surface area contributed by atoms with E-state index >= 15 is 0 Å². The molecule has 11 heavy (non-hydrogen) atoms. The van der Waals surface area contributed by atoms with Crippen LogP contribution in [-0.2, 0) is 9.22 Å². The van der Waals surface area contributed by atoms with Gasteiger partial charge in [-0.1, -0.05) is 6.92 Å². The topological polar surface area (TPSA) is 26.3 Å². The molecule has 66 valence electrons. The summed E-state index contributed by atoms with van der Waals surface area (Å²) in [6, 6.07) is 0. The Morgan fingerprint density at radius 1 is 1.55 bits per heavy atom. The van der Waals surface area contributed by atoms with Crippen molar-refractivity contribution in [2.24, 2.45) is 5.92 Å². The first kappa shape index (κ1) is 11.1. The van der Waals surface area contributed by atoms with Crippen molar-refractivity contribution in [3.8, 4) is 0 Å². The van der Waals surface area contributed by atoms with Crippen molar-refractivity contribution in [1.29, 1.82) is 0 Å². The van der Waals surface area contributed by atoms with Crippen LogP contribution >= 0.6 is 11.6 Å². The summed E-state index contributed by atoms with van der Waals surface area (Å²) in [6.45, 7) is 8.48. The van der Waals surface area contributed by atoms with Gasteiger partial charge >= 0.3 is 0 Å². The Hall–Kier alpha value is 0.137. The number of halogens is 1. The third-order valence-electron chi connectivity index (χ3n) is 1.15. The minimum Gasteiger partial charge on any atom is -0.417 e. The molecule has 0 amide bonds. The molecule has 0 radical (unpaired) electrons. The highest BCUT2D eigenvalue weighted by Crippen LogP contribution is 2.08. The number of hydrogen-bond donors (Lipinski definition) is 0. The average molecular weight is 195 g/mol. The molecular weight excluding hydrogens is 180 g/mol.